The molecule has 0 aliphatic carbocycles. The SMILES string of the molecule is CC(C)(C)OP(=S)(Cl)OC(C)(C)C. The molecule has 2 nitrogen and oxygen atoms in total. The maximum Gasteiger partial charge on any atom is 0.282 e. The fourth-order valence-electron chi connectivity index (χ4n) is 0.673. The molecule has 0 unspecified atom stereocenters. The van der Waals surface area contributed by atoms with Crippen LogP contribution in [0.15, 0.2) is 0 Å². The average molecular weight is 245 g/mol. The first-order valence-electron chi connectivity index (χ1n) is 4.13. The highest BCUT2D eigenvalue weighted by atomic mass is 35.7. The van der Waals surface area contributed by atoms with Crippen molar-refractivity contribution < 1.29 is 9.05 Å². The van der Waals surface area contributed by atoms with Crippen LogP contribution >= 0.6 is 17.1 Å². The van der Waals surface area contributed by atoms with E-state index >= 15 is 0 Å². The second-order valence-electron chi connectivity index (χ2n) is 4.84. The van der Waals surface area contributed by atoms with Gasteiger partial charge in [0.1, 0.15) is 0 Å². The van der Waals surface area contributed by atoms with Crippen LogP contribution in [0.25, 0.3) is 0 Å². The first-order chi connectivity index (χ1) is 5.41. The maximum absolute atomic E-state index is 5.99. The number of halogens is 1. The van der Waals surface area contributed by atoms with Crippen molar-refractivity contribution in [3.8, 4) is 0 Å². The van der Waals surface area contributed by atoms with Gasteiger partial charge in [0.15, 0.2) is 0 Å². The van der Waals surface area contributed by atoms with Crippen LogP contribution in [0, 0.1) is 0 Å². The van der Waals surface area contributed by atoms with Gasteiger partial charge in [0.25, 0.3) is 5.84 Å². The fraction of sp³-hybridized carbons (Fsp3) is 1.00. The van der Waals surface area contributed by atoms with Gasteiger partial charge >= 0.3 is 0 Å². The van der Waals surface area contributed by atoms with E-state index in [2.05, 4.69) is 0 Å². The van der Waals surface area contributed by atoms with Crippen LogP contribution in [-0.2, 0) is 20.9 Å². The monoisotopic (exact) mass is 244 g/mol. The Kier molecular flexibility index (Phi) is 4.43. The molecule has 0 atom stereocenters. The minimum atomic E-state index is -2.63. The Morgan fingerprint density at radius 1 is 0.923 bits per heavy atom. The fourth-order valence-corrected chi connectivity index (χ4v) is 4.60. The van der Waals surface area contributed by atoms with Gasteiger partial charge in [-0.1, -0.05) is 0 Å². The van der Waals surface area contributed by atoms with Gasteiger partial charge in [-0.3, -0.25) is 0 Å². The van der Waals surface area contributed by atoms with E-state index in [1.807, 2.05) is 41.5 Å². The minimum absolute atomic E-state index is 0.359. The van der Waals surface area contributed by atoms with Crippen molar-refractivity contribution in [1.82, 2.24) is 0 Å². The first kappa shape index (κ1) is 13.9. The summed E-state index contributed by atoms with van der Waals surface area (Å²) in [7, 11) is 0. The van der Waals surface area contributed by atoms with E-state index in [0.717, 1.165) is 0 Å². The second-order valence-corrected chi connectivity index (χ2v) is 9.44. The van der Waals surface area contributed by atoms with Crippen molar-refractivity contribution in [3.05, 3.63) is 0 Å². The van der Waals surface area contributed by atoms with Gasteiger partial charge in [0.2, 0.25) is 0 Å². The van der Waals surface area contributed by atoms with Crippen LogP contribution in [0.4, 0.5) is 0 Å². The highest BCUT2D eigenvalue weighted by molar-refractivity contribution is 8.22. The van der Waals surface area contributed by atoms with Crippen LogP contribution in [0.5, 0.6) is 0 Å². The van der Waals surface area contributed by atoms with E-state index in [1.165, 1.54) is 0 Å². The van der Waals surface area contributed by atoms with E-state index in [9.17, 15) is 0 Å². The van der Waals surface area contributed by atoms with Gasteiger partial charge in [-0.25, -0.2) is 0 Å². The third-order valence-corrected chi connectivity index (χ3v) is 3.16. The zero-order valence-electron chi connectivity index (χ0n) is 9.05. The van der Waals surface area contributed by atoms with E-state index in [0.29, 0.717) is 0 Å². The highest BCUT2D eigenvalue weighted by Crippen LogP contribution is 2.59. The molecule has 0 heterocycles. The summed E-state index contributed by atoms with van der Waals surface area (Å²) >= 11 is 11.1. The molecule has 0 radical (unpaired) electrons. The molecule has 0 aromatic carbocycles. The molecule has 80 valence electrons. The van der Waals surface area contributed by atoms with Gasteiger partial charge in [-0.05, 0) is 64.6 Å². The Bertz CT molecular complexity index is 197. The van der Waals surface area contributed by atoms with Crippen molar-refractivity contribution in [2.75, 3.05) is 0 Å². The lowest BCUT2D eigenvalue weighted by molar-refractivity contribution is 0.0788. The van der Waals surface area contributed by atoms with E-state index < -0.39 is 5.84 Å². The third kappa shape index (κ3) is 9.17. The second kappa shape index (κ2) is 4.16. The molecule has 0 spiro atoms. The Labute approximate surface area is 90.9 Å². The molecule has 0 N–H and O–H groups in total. The average Bonchev–Trinajstić information content (AvgIpc) is 1.43. The summed E-state index contributed by atoms with van der Waals surface area (Å²) in [5, 5.41) is 0. The summed E-state index contributed by atoms with van der Waals surface area (Å²) in [6.07, 6.45) is 0. The van der Waals surface area contributed by atoms with E-state index in [1.54, 1.807) is 0 Å². The Balaban J connectivity index is 4.35. The standard InChI is InChI=1S/C8H18ClO2PS/c1-7(2,3)10-12(9,13)11-8(4,5)6/h1-6H3. The van der Waals surface area contributed by atoms with Crippen LogP contribution in [0.2, 0.25) is 0 Å². The molecular weight excluding hydrogens is 227 g/mol. The largest absolute Gasteiger partial charge is 0.312 e. The lowest BCUT2D eigenvalue weighted by Gasteiger charge is -2.30. The summed E-state index contributed by atoms with van der Waals surface area (Å²) in [5.74, 6) is -2.63. The Morgan fingerprint density at radius 3 is 1.31 bits per heavy atom. The first-order valence-corrected chi connectivity index (χ1v) is 7.67. The Hall–Kier alpha value is 0.860. The van der Waals surface area contributed by atoms with Gasteiger partial charge in [0, 0.05) is 0 Å². The summed E-state index contributed by atoms with van der Waals surface area (Å²) in [5.41, 5.74) is -0.717. The van der Waals surface area contributed by atoms with Crippen molar-refractivity contribution in [2.45, 2.75) is 52.7 Å². The van der Waals surface area contributed by atoms with Gasteiger partial charge in [-0.2, -0.15) is 0 Å². The molecule has 0 aliphatic heterocycles. The van der Waals surface area contributed by atoms with Crippen molar-refractivity contribution in [3.63, 3.8) is 0 Å². The van der Waals surface area contributed by atoms with Crippen molar-refractivity contribution >= 4 is 28.9 Å². The molecule has 0 rings (SSSR count). The smallest absolute Gasteiger partial charge is 0.282 e. The van der Waals surface area contributed by atoms with Crippen LogP contribution < -0.4 is 0 Å². The Morgan fingerprint density at radius 2 is 1.15 bits per heavy atom. The maximum atomic E-state index is 5.99. The number of hydrogen-bond acceptors (Lipinski definition) is 3. The van der Waals surface area contributed by atoms with Crippen LogP contribution in [0.3, 0.4) is 0 Å². The van der Waals surface area contributed by atoms with Gasteiger partial charge in [-0.15, -0.1) is 0 Å². The molecule has 0 saturated heterocycles. The van der Waals surface area contributed by atoms with E-state index in [4.69, 9.17) is 32.1 Å². The molecule has 0 aromatic rings. The predicted octanol–water partition coefficient (Wildman–Crippen LogP) is 4.08. The van der Waals surface area contributed by atoms with Crippen LogP contribution in [-0.4, -0.2) is 11.2 Å². The lowest BCUT2D eigenvalue weighted by Crippen LogP contribution is -2.21. The molecular formula is C8H18ClO2PS. The zero-order chi connectivity index (χ0) is 10.9. The summed E-state index contributed by atoms with van der Waals surface area (Å²) in [4.78, 5) is 0. The summed E-state index contributed by atoms with van der Waals surface area (Å²) < 4.78 is 10.9. The lowest BCUT2D eigenvalue weighted by atomic mass is 10.2. The van der Waals surface area contributed by atoms with E-state index in [-0.39, 0.29) is 11.2 Å². The normalized spacial score (nSPS) is 14.7. The molecule has 0 aliphatic rings. The quantitative estimate of drug-likeness (QED) is 0.682. The molecule has 0 amide bonds. The van der Waals surface area contributed by atoms with Crippen molar-refractivity contribution in [1.29, 1.82) is 0 Å². The summed E-state index contributed by atoms with van der Waals surface area (Å²) in [6, 6.07) is 0. The van der Waals surface area contributed by atoms with Gasteiger partial charge in [0.05, 0.1) is 11.2 Å². The molecule has 0 bridgehead atoms. The zero-order valence-corrected chi connectivity index (χ0v) is 11.5. The molecule has 0 aromatic heterocycles. The molecule has 5 heteroatoms. The topological polar surface area (TPSA) is 18.5 Å². The highest BCUT2D eigenvalue weighted by Gasteiger charge is 2.28. The molecule has 0 fully saturated rings. The number of rotatable bonds is 2. The summed E-state index contributed by atoms with van der Waals surface area (Å²) in [6.45, 7) is 11.4. The number of hydrogen-bond donors (Lipinski definition) is 0. The van der Waals surface area contributed by atoms with Crippen LogP contribution in [0.1, 0.15) is 41.5 Å². The van der Waals surface area contributed by atoms with Crippen molar-refractivity contribution in [2.24, 2.45) is 0 Å². The van der Waals surface area contributed by atoms with Gasteiger partial charge < -0.3 is 9.05 Å². The molecule has 0 saturated carbocycles. The predicted molar refractivity (Wildman–Crippen MR) is 61.8 cm³/mol. The minimum Gasteiger partial charge on any atom is -0.312 e. The third-order valence-electron chi connectivity index (χ3n) is 0.766. The molecule has 13 heavy (non-hydrogen) atoms.